The Morgan fingerprint density at radius 2 is 1.83 bits per heavy atom. The summed E-state index contributed by atoms with van der Waals surface area (Å²) in [5, 5.41) is 3.19. The molecular weight excluding hydrogens is 241 g/mol. The Labute approximate surface area is 107 Å². The smallest absolute Gasteiger partial charge is 0.312 e. The minimum absolute atomic E-state index is 0.293. The van der Waals surface area contributed by atoms with Crippen molar-refractivity contribution in [3.8, 4) is 0 Å². The number of nitrogens with one attached hydrogen (secondary N) is 1. The molecule has 1 aliphatic carbocycles. The number of halogens is 3. The van der Waals surface area contributed by atoms with Gasteiger partial charge >= 0.3 is 6.18 Å². The van der Waals surface area contributed by atoms with Crippen LogP contribution in [0, 0.1) is 5.92 Å². The number of likely N-dealkylation sites (tertiary alicyclic amines) is 1. The van der Waals surface area contributed by atoms with E-state index in [2.05, 4.69) is 17.3 Å². The summed E-state index contributed by atoms with van der Waals surface area (Å²) in [5.74, 6) is -1.14. The molecule has 1 aliphatic heterocycles. The summed E-state index contributed by atoms with van der Waals surface area (Å²) in [5.41, 5.74) is 0. The van der Waals surface area contributed by atoms with E-state index < -0.39 is 12.1 Å². The van der Waals surface area contributed by atoms with Crippen LogP contribution in [0.5, 0.6) is 0 Å². The van der Waals surface area contributed by atoms with E-state index in [1.165, 1.54) is 0 Å². The molecule has 106 valence electrons. The summed E-state index contributed by atoms with van der Waals surface area (Å²) in [6.45, 7) is 1.77. The summed E-state index contributed by atoms with van der Waals surface area (Å²) < 4.78 is 38.8. The van der Waals surface area contributed by atoms with Crippen LogP contribution in [0.3, 0.4) is 0 Å². The predicted octanol–water partition coefficient (Wildman–Crippen LogP) is 2.79. The lowest BCUT2D eigenvalue weighted by molar-refractivity contribution is -0.189. The number of nitrogens with zero attached hydrogens (tertiary/aromatic N) is 1. The molecule has 0 radical (unpaired) electrons. The topological polar surface area (TPSA) is 15.3 Å². The van der Waals surface area contributed by atoms with Crippen LogP contribution in [-0.4, -0.2) is 43.3 Å². The summed E-state index contributed by atoms with van der Waals surface area (Å²) in [6, 6.07) is 0.0496. The molecule has 1 heterocycles. The largest absolute Gasteiger partial charge is 0.393 e. The van der Waals surface area contributed by atoms with Gasteiger partial charge in [0.15, 0.2) is 0 Å². The van der Waals surface area contributed by atoms with Crippen LogP contribution in [-0.2, 0) is 0 Å². The molecule has 3 atom stereocenters. The third kappa shape index (κ3) is 3.38. The van der Waals surface area contributed by atoms with Crippen molar-refractivity contribution in [2.45, 2.75) is 56.8 Å². The Kier molecular flexibility index (Phi) is 4.54. The van der Waals surface area contributed by atoms with Crippen molar-refractivity contribution in [3.05, 3.63) is 0 Å². The second-order valence-electron chi connectivity index (χ2n) is 5.72. The van der Waals surface area contributed by atoms with Crippen molar-refractivity contribution >= 4 is 0 Å². The molecule has 18 heavy (non-hydrogen) atoms. The van der Waals surface area contributed by atoms with E-state index in [9.17, 15) is 13.2 Å². The molecule has 0 bridgehead atoms. The fourth-order valence-corrected chi connectivity index (χ4v) is 3.29. The van der Waals surface area contributed by atoms with Crippen molar-refractivity contribution in [2.75, 3.05) is 20.1 Å². The Hall–Kier alpha value is -0.290. The van der Waals surface area contributed by atoms with Crippen LogP contribution in [0.4, 0.5) is 13.2 Å². The van der Waals surface area contributed by atoms with Crippen molar-refractivity contribution in [2.24, 2.45) is 5.92 Å². The lowest BCUT2D eigenvalue weighted by atomic mass is 9.84. The van der Waals surface area contributed by atoms with Crippen LogP contribution in [0.15, 0.2) is 0 Å². The number of likely N-dealkylation sites (N-methyl/N-ethyl adjacent to an activating group) is 1. The highest BCUT2D eigenvalue weighted by Gasteiger charge is 2.45. The molecule has 1 saturated heterocycles. The van der Waals surface area contributed by atoms with E-state index in [1.807, 2.05) is 0 Å². The Bertz CT molecular complexity index is 267. The van der Waals surface area contributed by atoms with E-state index in [-0.39, 0.29) is 6.04 Å². The van der Waals surface area contributed by atoms with E-state index >= 15 is 0 Å². The van der Waals surface area contributed by atoms with Gasteiger partial charge in [-0.3, -0.25) is 0 Å². The molecule has 0 amide bonds. The number of alkyl halides is 3. The summed E-state index contributed by atoms with van der Waals surface area (Å²) in [7, 11) is 2.06. The van der Waals surface area contributed by atoms with Gasteiger partial charge in [0.05, 0.1) is 5.92 Å². The van der Waals surface area contributed by atoms with Crippen LogP contribution < -0.4 is 5.32 Å². The standard InChI is InChI=1S/C13H23F3N2/c1-18-8-4-5-10(18)9-17-12-7-3-2-6-11(12)13(14,15)16/h10-12,17H,2-9H2,1H3. The Balaban J connectivity index is 1.86. The van der Waals surface area contributed by atoms with Crippen LogP contribution >= 0.6 is 0 Å². The zero-order valence-electron chi connectivity index (χ0n) is 11.0. The number of rotatable bonds is 3. The average molecular weight is 264 g/mol. The lowest BCUT2D eigenvalue weighted by Gasteiger charge is -2.35. The van der Waals surface area contributed by atoms with E-state index in [0.29, 0.717) is 31.8 Å². The second kappa shape index (κ2) is 5.78. The molecule has 0 aromatic rings. The fourth-order valence-electron chi connectivity index (χ4n) is 3.29. The van der Waals surface area contributed by atoms with Crippen molar-refractivity contribution in [1.82, 2.24) is 10.2 Å². The average Bonchev–Trinajstić information content (AvgIpc) is 2.71. The van der Waals surface area contributed by atoms with Crippen LogP contribution in [0.1, 0.15) is 38.5 Å². The van der Waals surface area contributed by atoms with Gasteiger partial charge in [0.25, 0.3) is 0 Å². The SMILES string of the molecule is CN1CCCC1CNC1CCCCC1C(F)(F)F. The summed E-state index contributed by atoms with van der Waals surface area (Å²) in [6.07, 6.45) is 0.821. The van der Waals surface area contributed by atoms with Gasteiger partial charge in [-0.2, -0.15) is 13.2 Å². The van der Waals surface area contributed by atoms with Crippen LogP contribution in [0.2, 0.25) is 0 Å². The molecule has 2 nitrogen and oxygen atoms in total. The highest BCUT2D eigenvalue weighted by Crippen LogP contribution is 2.37. The Morgan fingerprint density at radius 3 is 2.44 bits per heavy atom. The zero-order valence-corrected chi connectivity index (χ0v) is 11.0. The first-order valence-electron chi connectivity index (χ1n) is 6.99. The zero-order chi connectivity index (χ0) is 13.2. The quantitative estimate of drug-likeness (QED) is 0.843. The van der Waals surface area contributed by atoms with E-state index in [0.717, 1.165) is 25.8 Å². The molecule has 1 N–H and O–H groups in total. The van der Waals surface area contributed by atoms with Gasteiger partial charge in [0.2, 0.25) is 0 Å². The van der Waals surface area contributed by atoms with Gasteiger partial charge in [-0.15, -0.1) is 0 Å². The van der Waals surface area contributed by atoms with Gasteiger partial charge in [-0.05, 0) is 39.3 Å². The molecule has 2 fully saturated rings. The monoisotopic (exact) mass is 264 g/mol. The predicted molar refractivity (Wildman–Crippen MR) is 65.5 cm³/mol. The second-order valence-corrected chi connectivity index (χ2v) is 5.72. The lowest BCUT2D eigenvalue weighted by Crippen LogP contribution is -2.48. The number of hydrogen-bond acceptors (Lipinski definition) is 2. The molecule has 0 aromatic carbocycles. The van der Waals surface area contributed by atoms with E-state index in [4.69, 9.17) is 0 Å². The molecule has 5 heteroatoms. The number of hydrogen-bond donors (Lipinski definition) is 1. The first-order chi connectivity index (χ1) is 8.48. The molecule has 0 spiro atoms. The van der Waals surface area contributed by atoms with Crippen molar-refractivity contribution in [3.63, 3.8) is 0 Å². The van der Waals surface area contributed by atoms with Gasteiger partial charge in [0.1, 0.15) is 0 Å². The van der Waals surface area contributed by atoms with Crippen molar-refractivity contribution < 1.29 is 13.2 Å². The van der Waals surface area contributed by atoms with Crippen molar-refractivity contribution in [1.29, 1.82) is 0 Å². The van der Waals surface area contributed by atoms with Gasteiger partial charge in [-0.1, -0.05) is 12.8 Å². The maximum Gasteiger partial charge on any atom is 0.393 e. The first kappa shape index (κ1) is 14.1. The third-order valence-electron chi connectivity index (χ3n) is 4.47. The minimum atomic E-state index is -4.04. The molecule has 3 unspecified atom stereocenters. The normalized spacial score (nSPS) is 35.0. The highest BCUT2D eigenvalue weighted by molar-refractivity contribution is 4.88. The van der Waals surface area contributed by atoms with Gasteiger partial charge in [0, 0.05) is 18.6 Å². The molecular formula is C13H23F3N2. The Morgan fingerprint density at radius 1 is 1.11 bits per heavy atom. The fraction of sp³-hybridized carbons (Fsp3) is 1.00. The maximum absolute atomic E-state index is 12.9. The summed E-state index contributed by atoms with van der Waals surface area (Å²) >= 11 is 0. The third-order valence-corrected chi connectivity index (χ3v) is 4.47. The van der Waals surface area contributed by atoms with Gasteiger partial charge < -0.3 is 10.2 Å². The molecule has 0 aromatic heterocycles. The molecule has 1 saturated carbocycles. The van der Waals surface area contributed by atoms with E-state index in [1.54, 1.807) is 0 Å². The van der Waals surface area contributed by atoms with Gasteiger partial charge in [-0.25, -0.2) is 0 Å². The highest BCUT2D eigenvalue weighted by atomic mass is 19.4. The summed E-state index contributed by atoms with van der Waals surface area (Å²) in [4.78, 5) is 2.25. The molecule has 2 aliphatic rings. The van der Waals surface area contributed by atoms with Crippen LogP contribution in [0.25, 0.3) is 0 Å². The first-order valence-corrected chi connectivity index (χ1v) is 6.99. The molecule has 2 rings (SSSR count). The maximum atomic E-state index is 12.9. The minimum Gasteiger partial charge on any atom is -0.312 e.